The summed E-state index contributed by atoms with van der Waals surface area (Å²) < 4.78 is 11.0. The van der Waals surface area contributed by atoms with Crippen LogP contribution in [0.1, 0.15) is 17.9 Å². The molecule has 3 heteroatoms. The third-order valence-corrected chi connectivity index (χ3v) is 2.87. The van der Waals surface area contributed by atoms with Crippen molar-refractivity contribution in [2.24, 2.45) is 0 Å². The Kier molecular flexibility index (Phi) is 2.61. The van der Waals surface area contributed by atoms with Crippen LogP contribution in [0.15, 0.2) is 16.5 Å². The van der Waals surface area contributed by atoms with Crippen LogP contribution in [0.5, 0.6) is 0 Å². The maximum absolute atomic E-state index is 5.68. The van der Waals surface area contributed by atoms with E-state index in [4.69, 9.17) is 9.15 Å². The summed E-state index contributed by atoms with van der Waals surface area (Å²) in [4.78, 5) is 0. The second-order valence-corrected chi connectivity index (χ2v) is 4.04. The smallest absolute Gasteiger partial charge is 0.115 e. The molecule has 0 amide bonds. The van der Waals surface area contributed by atoms with Gasteiger partial charge >= 0.3 is 0 Å². The van der Waals surface area contributed by atoms with Gasteiger partial charge in [-0.25, -0.2) is 0 Å². The topological polar surface area (TPSA) is 34.4 Å². The molecular weight excluding hydrogens is 178 g/mol. The number of hydrogen-bond acceptors (Lipinski definition) is 3. The van der Waals surface area contributed by atoms with Crippen LogP contribution < -0.4 is 5.32 Å². The summed E-state index contributed by atoms with van der Waals surface area (Å²) in [5, 5.41) is 3.17. The fraction of sp³-hybridized carbons (Fsp3) is 0.636. The Morgan fingerprint density at radius 3 is 2.64 bits per heavy atom. The van der Waals surface area contributed by atoms with Crippen LogP contribution in [0.25, 0.3) is 0 Å². The quantitative estimate of drug-likeness (QED) is 0.790. The number of ether oxygens (including phenoxy) is 1. The first-order valence-corrected chi connectivity index (χ1v) is 5.06. The number of aryl methyl sites for hydroxylation is 1. The van der Waals surface area contributed by atoms with Crippen LogP contribution in [-0.4, -0.2) is 26.8 Å². The molecule has 14 heavy (non-hydrogen) atoms. The molecule has 0 spiro atoms. The van der Waals surface area contributed by atoms with Crippen molar-refractivity contribution in [3.05, 3.63) is 23.7 Å². The Balaban J connectivity index is 2.11. The maximum atomic E-state index is 5.68. The van der Waals surface area contributed by atoms with E-state index in [0.29, 0.717) is 0 Å². The van der Waals surface area contributed by atoms with Crippen LogP contribution in [0, 0.1) is 6.92 Å². The molecule has 0 saturated carbocycles. The molecule has 0 aromatic carbocycles. The first-order valence-electron chi connectivity index (χ1n) is 5.06. The minimum absolute atomic E-state index is 0.136. The molecule has 2 rings (SSSR count). The average molecular weight is 195 g/mol. The van der Waals surface area contributed by atoms with Crippen molar-refractivity contribution in [3.8, 4) is 0 Å². The van der Waals surface area contributed by atoms with E-state index in [1.165, 1.54) is 0 Å². The van der Waals surface area contributed by atoms with Gasteiger partial charge in [0.25, 0.3) is 0 Å². The van der Waals surface area contributed by atoms with Gasteiger partial charge in [0.2, 0.25) is 0 Å². The SMILES string of the molecule is CNCCC1(c2ccc(C)o2)COC1. The van der Waals surface area contributed by atoms with Crippen LogP contribution in [0.4, 0.5) is 0 Å². The first kappa shape index (κ1) is 9.74. The molecule has 1 aliphatic rings. The fourth-order valence-corrected chi connectivity index (χ4v) is 1.84. The number of nitrogens with one attached hydrogen (secondary N) is 1. The lowest BCUT2D eigenvalue weighted by Gasteiger charge is -2.39. The number of hydrogen-bond donors (Lipinski definition) is 1. The van der Waals surface area contributed by atoms with E-state index in [9.17, 15) is 0 Å². The van der Waals surface area contributed by atoms with E-state index in [1.807, 2.05) is 20.0 Å². The highest BCUT2D eigenvalue weighted by Gasteiger charge is 2.42. The van der Waals surface area contributed by atoms with Gasteiger partial charge in [-0.1, -0.05) is 0 Å². The fourth-order valence-electron chi connectivity index (χ4n) is 1.84. The van der Waals surface area contributed by atoms with Crippen LogP contribution >= 0.6 is 0 Å². The molecule has 1 saturated heterocycles. The molecule has 2 heterocycles. The summed E-state index contributed by atoms with van der Waals surface area (Å²) in [6.45, 7) is 4.57. The van der Waals surface area contributed by atoms with Crippen molar-refractivity contribution < 1.29 is 9.15 Å². The zero-order valence-electron chi connectivity index (χ0n) is 8.80. The highest BCUT2D eigenvalue weighted by Crippen LogP contribution is 2.36. The van der Waals surface area contributed by atoms with Crippen LogP contribution in [-0.2, 0) is 10.2 Å². The normalized spacial score (nSPS) is 19.3. The lowest BCUT2D eigenvalue weighted by atomic mass is 9.80. The highest BCUT2D eigenvalue weighted by molar-refractivity contribution is 5.20. The number of furan rings is 1. The molecule has 0 radical (unpaired) electrons. The first-order chi connectivity index (χ1) is 6.77. The van der Waals surface area contributed by atoms with Crippen molar-refractivity contribution in [1.82, 2.24) is 5.32 Å². The predicted molar refractivity (Wildman–Crippen MR) is 54.5 cm³/mol. The molecule has 0 unspecified atom stereocenters. The van der Waals surface area contributed by atoms with Gasteiger partial charge in [-0.15, -0.1) is 0 Å². The van der Waals surface area contributed by atoms with E-state index >= 15 is 0 Å². The molecule has 0 aliphatic carbocycles. The van der Waals surface area contributed by atoms with E-state index in [0.717, 1.165) is 37.7 Å². The van der Waals surface area contributed by atoms with Crippen molar-refractivity contribution in [2.45, 2.75) is 18.8 Å². The van der Waals surface area contributed by atoms with Crippen LogP contribution in [0.2, 0.25) is 0 Å². The highest BCUT2D eigenvalue weighted by atomic mass is 16.5. The largest absolute Gasteiger partial charge is 0.466 e. The van der Waals surface area contributed by atoms with Crippen molar-refractivity contribution in [1.29, 1.82) is 0 Å². The molecule has 1 fully saturated rings. The van der Waals surface area contributed by atoms with E-state index in [2.05, 4.69) is 11.4 Å². The molecule has 78 valence electrons. The molecule has 1 N–H and O–H groups in total. The molecule has 1 aromatic heterocycles. The third kappa shape index (κ3) is 1.57. The monoisotopic (exact) mass is 195 g/mol. The van der Waals surface area contributed by atoms with Gasteiger partial charge < -0.3 is 14.5 Å². The van der Waals surface area contributed by atoms with Gasteiger partial charge in [0.15, 0.2) is 0 Å². The summed E-state index contributed by atoms with van der Waals surface area (Å²) >= 11 is 0. The zero-order chi connectivity index (χ0) is 10.0. The lowest BCUT2D eigenvalue weighted by molar-refractivity contribution is -0.0739. The Hall–Kier alpha value is -0.800. The summed E-state index contributed by atoms with van der Waals surface area (Å²) in [6.07, 6.45) is 1.08. The van der Waals surface area contributed by atoms with E-state index in [1.54, 1.807) is 0 Å². The molecule has 1 aromatic rings. The summed E-state index contributed by atoms with van der Waals surface area (Å²) in [5.41, 5.74) is 0.136. The molecule has 3 nitrogen and oxygen atoms in total. The summed E-state index contributed by atoms with van der Waals surface area (Å²) in [6, 6.07) is 4.10. The third-order valence-electron chi connectivity index (χ3n) is 2.87. The van der Waals surface area contributed by atoms with Gasteiger partial charge in [-0.05, 0) is 39.1 Å². The van der Waals surface area contributed by atoms with Gasteiger partial charge in [0, 0.05) is 0 Å². The zero-order valence-corrected chi connectivity index (χ0v) is 8.80. The number of rotatable bonds is 4. The van der Waals surface area contributed by atoms with Gasteiger partial charge in [0.1, 0.15) is 11.5 Å². The Morgan fingerprint density at radius 1 is 1.43 bits per heavy atom. The Bertz CT molecular complexity index is 302. The van der Waals surface area contributed by atoms with Gasteiger partial charge in [0.05, 0.1) is 18.6 Å². The standard InChI is InChI=1S/C11H17NO2/c1-9-3-4-10(14-9)11(5-6-12-2)7-13-8-11/h3-4,12H,5-8H2,1-2H3. The average Bonchev–Trinajstić information content (AvgIpc) is 2.51. The molecule has 1 aliphatic heterocycles. The predicted octanol–water partition coefficient (Wildman–Crippen LogP) is 1.47. The van der Waals surface area contributed by atoms with Gasteiger partial charge in [-0.2, -0.15) is 0 Å². The summed E-state index contributed by atoms with van der Waals surface area (Å²) in [5.74, 6) is 2.06. The summed E-state index contributed by atoms with van der Waals surface area (Å²) in [7, 11) is 1.97. The van der Waals surface area contributed by atoms with Crippen molar-refractivity contribution in [2.75, 3.05) is 26.8 Å². The maximum Gasteiger partial charge on any atom is 0.115 e. The van der Waals surface area contributed by atoms with E-state index < -0.39 is 0 Å². The van der Waals surface area contributed by atoms with Crippen LogP contribution in [0.3, 0.4) is 0 Å². The molecular formula is C11H17NO2. The minimum atomic E-state index is 0.136. The Morgan fingerprint density at radius 2 is 2.21 bits per heavy atom. The molecule has 0 bridgehead atoms. The van der Waals surface area contributed by atoms with Gasteiger partial charge in [-0.3, -0.25) is 0 Å². The minimum Gasteiger partial charge on any atom is -0.466 e. The van der Waals surface area contributed by atoms with E-state index in [-0.39, 0.29) is 5.41 Å². The second kappa shape index (κ2) is 3.75. The second-order valence-electron chi connectivity index (χ2n) is 4.04. The van der Waals surface area contributed by atoms with Crippen molar-refractivity contribution in [3.63, 3.8) is 0 Å². The molecule has 0 atom stereocenters. The van der Waals surface area contributed by atoms with Crippen molar-refractivity contribution >= 4 is 0 Å². The Labute approximate surface area is 84.4 Å². The lowest BCUT2D eigenvalue weighted by Crippen LogP contribution is -2.48.